The number of hydrogen-bond acceptors (Lipinski definition) is 4. The van der Waals surface area contributed by atoms with Crippen LogP contribution in [0.4, 0.5) is 0 Å². The predicted molar refractivity (Wildman–Crippen MR) is 69.3 cm³/mol. The first-order valence-corrected chi connectivity index (χ1v) is 7.06. The highest BCUT2D eigenvalue weighted by Crippen LogP contribution is 2.40. The number of carbonyl (C=O) groups excluding carboxylic acids is 1. The molecular weight excluding hydrogens is 260 g/mol. The third kappa shape index (κ3) is 2.42. The van der Waals surface area contributed by atoms with E-state index in [1.54, 1.807) is 6.07 Å². The van der Waals surface area contributed by atoms with Crippen LogP contribution in [0.3, 0.4) is 0 Å². The van der Waals surface area contributed by atoms with Gasteiger partial charge in [-0.15, -0.1) is 0 Å². The molecule has 2 heterocycles. The van der Waals surface area contributed by atoms with Crippen LogP contribution in [0.5, 0.6) is 0 Å². The van der Waals surface area contributed by atoms with Crippen LogP contribution in [0.15, 0.2) is 10.6 Å². The molecule has 1 amide bonds. The van der Waals surface area contributed by atoms with Crippen LogP contribution in [0, 0.1) is 5.92 Å². The number of piperidine rings is 1. The van der Waals surface area contributed by atoms with Crippen molar-refractivity contribution in [2.45, 2.75) is 44.6 Å². The number of rotatable bonds is 3. The van der Waals surface area contributed by atoms with Crippen molar-refractivity contribution in [3.8, 4) is 0 Å². The summed E-state index contributed by atoms with van der Waals surface area (Å²) >= 11 is 0. The van der Waals surface area contributed by atoms with Gasteiger partial charge in [0.05, 0.1) is 0 Å². The van der Waals surface area contributed by atoms with Gasteiger partial charge in [0.25, 0.3) is 5.91 Å². The summed E-state index contributed by atoms with van der Waals surface area (Å²) < 4.78 is 5.17. The summed E-state index contributed by atoms with van der Waals surface area (Å²) in [6.07, 6.45) is 3.46. The van der Waals surface area contributed by atoms with Crippen molar-refractivity contribution >= 4 is 11.9 Å². The molecule has 6 nitrogen and oxygen atoms in total. The maximum atomic E-state index is 12.4. The number of carbonyl (C=O) groups is 2. The maximum absolute atomic E-state index is 12.4. The first kappa shape index (κ1) is 13.1. The summed E-state index contributed by atoms with van der Waals surface area (Å²) in [6, 6.07) is 0.907. The number of aliphatic carboxylic acids is 1. The lowest BCUT2D eigenvalue weighted by Crippen LogP contribution is -2.49. The van der Waals surface area contributed by atoms with E-state index in [1.165, 1.54) is 4.90 Å². The second kappa shape index (κ2) is 4.92. The van der Waals surface area contributed by atoms with Gasteiger partial charge in [-0.05, 0) is 31.6 Å². The third-order valence-electron chi connectivity index (χ3n) is 4.14. The summed E-state index contributed by atoms with van der Waals surface area (Å²) in [7, 11) is 0. The second-order valence-electron chi connectivity index (χ2n) is 5.87. The first-order chi connectivity index (χ1) is 9.56. The molecule has 1 saturated carbocycles. The van der Waals surface area contributed by atoms with Crippen LogP contribution in [-0.4, -0.2) is 39.6 Å². The number of carboxylic acids is 1. The van der Waals surface area contributed by atoms with Gasteiger partial charge in [0.15, 0.2) is 5.69 Å². The number of aromatic nitrogens is 1. The molecule has 1 saturated heterocycles. The van der Waals surface area contributed by atoms with E-state index in [1.807, 2.05) is 6.92 Å². The molecule has 108 valence electrons. The predicted octanol–water partition coefficient (Wildman–Crippen LogP) is 1.88. The van der Waals surface area contributed by atoms with E-state index in [9.17, 15) is 14.7 Å². The smallest absolute Gasteiger partial charge is 0.326 e. The Bertz CT molecular complexity index is 535. The summed E-state index contributed by atoms with van der Waals surface area (Å²) in [5.41, 5.74) is 0.229. The average molecular weight is 278 g/mol. The molecule has 20 heavy (non-hydrogen) atoms. The molecule has 2 atom stereocenters. The van der Waals surface area contributed by atoms with Crippen molar-refractivity contribution < 1.29 is 19.2 Å². The number of nitrogens with zero attached hydrogens (tertiary/aromatic N) is 2. The van der Waals surface area contributed by atoms with Gasteiger partial charge in [-0.1, -0.05) is 12.1 Å². The molecule has 1 aromatic heterocycles. The standard InChI is InChI=1S/C14H18N2O4/c1-8-4-5-16(11(6-8)14(18)19)13(17)10-7-12(20-15-10)9-2-3-9/h7-9,11H,2-6H2,1H3,(H,18,19). The Morgan fingerprint density at radius 1 is 1.40 bits per heavy atom. The summed E-state index contributed by atoms with van der Waals surface area (Å²) in [5, 5.41) is 13.1. The quantitative estimate of drug-likeness (QED) is 0.912. The topological polar surface area (TPSA) is 83.6 Å². The largest absolute Gasteiger partial charge is 0.480 e. The van der Waals surface area contributed by atoms with E-state index in [0.717, 1.165) is 25.0 Å². The van der Waals surface area contributed by atoms with E-state index in [2.05, 4.69) is 5.16 Å². The minimum atomic E-state index is -0.948. The van der Waals surface area contributed by atoms with Crippen molar-refractivity contribution in [2.24, 2.45) is 5.92 Å². The number of likely N-dealkylation sites (tertiary alicyclic amines) is 1. The van der Waals surface area contributed by atoms with E-state index >= 15 is 0 Å². The van der Waals surface area contributed by atoms with Crippen LogP contribution < -0.4 is 0 Å². The van der Waals surface area contributed by atoms with Gasteiger partial charge in [0.1, 0.15) is 11.8 Å². The van der Waals surface area contributed by atoms with Gasteiger partial charge in [-0.3, -0.25) is 4.79 Å². The molecule has 0 spiro atoms. The summed E-state index contributed by atoms with van der Waals surface area (Å²) in [6.45, 7) is 2.47. The molecule has 1 N–H and O–H groups in total. The average Bonchev–Trinajstić information content (AvgIpc) is 3.15. The van der Waals surface area contributed by atoms with Gasteiger partial charge in [0, 0.05) is 18.5 Å². The zero-order valence-corrected chi connectivity index (χ0v) is 11.4. The second-order valence-corrected chi connectivity index (χ2v) is 5.87. The molecule has 2 fully saturated rings. The van der Waals surface area contributed by atoms with Crippen LogP contribution >= 0.6 is 0 Å². The van der Waals surface area contributed by atoms with Gasteiger partial charge >= 0.3 is 5.97 Å². The lowest BCUT2D eigenvalue weighted by Gasteiger charge is -2.35. The van der Waals surface area contributed by atoms with Gasteiger partial charge in [0.2, 0.25) is 0 Å². The van der Waals surface area contributed by atoms with E-state index < -0.39 is 12.0 Å². The van der Waals surface area contributed by atoms with Crippen LogP contribution in [0.1, 0.15) is 54.8 Å². The molecule has 2 aliphatic rings. The number of carboxylic acid groups (broad SMARTS) is 1. The molecular formula is C14H18N2O4. The van der Waals surface area contributed by atoms with Crippen molar-refractivity contribution in [2.75, 3.05) is 6.54 Å². The first-order valence-electron chi connectivity index (χ1n) is 7.06. The van der Waals surface area contributed by atoms with E-state index in [-0.39, 0.29) is 11.6 Å². The highest BCUT2D eigenvalue weighted by molar-refractivity contribution is 5.95. The van der Waals surface area contributed by atoms with Gasteiger partial charge in [-0.25, -0.2) is 4.79 Å². The highest BCUT2D eigenvalue weighted by atomic mass is 16.5. The molecule has 0 bridgehead atoms. The molecule has 0 radical (unpaired) electrons. The molecule has 0 aromatic carbocycles. The third-order valence-corrected chi connectivity index (χ3v) is 4.14. The molecule has 2 unspecified atom stereocenters. The molecule has 6 heteroatoms. The van der Waals surface area contributed by atoms with Gasteiger partial charge < -0.3 is 14.5 Å². The van der Waals surface area contributed by atoms with Crippen molar-refractivity contribution in [1.29, 1.82) is 0 Å². The normalized spacial score (nSPS) is 26.6. The maximum Gasteiger partial charge on any atom is 0.326 e. The Kier molecular flexibility index (Phi) is 3.23. The monoisotopic (exact) mass is 278 g/mol. The number of hydrogen-bond donors (Lipinski definition) is 1. The zero-order valence-electron chi connectivity index (χ0n) is 11.4. The highest BCUT2D eigenvalue weighted by Gasteiger charge is 2.37. The van der Waals surface area contributed by atoms with Crippen molar-refractivity contribution in [3.63, 3.8) is 0 Å². The molecule has 3 rings (SSSR count). The van der Waals surface area contributed by atoms with Gasteiger partial charge in [-0.2, -0.15) is 0 Å². The lowest BCUT2D eigenvalue weighted by molar-refractivity contribution is -0.144. The van der Waals surface area contributed by atoms with E-state index in [4.69, 9.17) is 4.52 Å². The van der Waals surface area contributed by atoms with Crippen molar-refractivity contribution in [3.05, 3.63) is 17.5 Å². The van der Waals surface area contributed by atoms with E-state index in [0.29, 0.717) is 24.8 Å². The fourth-order valence-electron chi connectivity index (χ4n) is 2.72. The zero-order chi connectivity index (χ0) is 14.3. The molecule has 1 aliphatic carbocycles. The van der Waals surface area contributed by atoms with Crippen molar-refractivity contribution in [1.82, 2.24) is 10.1 Å². The minimum absolute atomic E-state index is 0.229. The number of amides is 1. The molecule has 1 aliphatic heterocycles. The summed E-state index contributed by atoms with van der Waals surface area (Å²) in [5.74, 6) is 0.168. The summed E-state index contributed by atoms with van der Waals surface area (Å²) in [4.78, 5) is 25.2. The Morgan fingerprint density at radius 3 is 2.80 bits per heavy atom. The Labute approximate surface area is 116 Å². The SMILES string of the molecule is CC1CCN(C(=O)c2cc(C3CC3)on2)C(C(=O)O)C1. The van der Waals surface area contributed by atoms with Crippen LogP contribution in [-0.2, 0) is 4.79 Å². The van der Waals surface area contributed by atoms with Crippen LogP contribution in [0.25, 0.3) is 0 Å². The van der Waals surface area contributed by atoms with Crippen LogP contribution in [0.2, 0.25) is 0 Å². The Hall–Kier alpha value is -1.85. The fraction of sp³-hybridized carbons (Fsp3) is 0.643. The lowest BCUT2D eigenvalue weighted by atomic mass is 9.92. The Balaban J connectivity index is 1.78. The minimum Gasteiger partial charge on any atom is -0.480 e. The Morgan fingerprint density at radius 2 is 2.15 bits per heavy atom. The fourth-order valence-corrected chi connectivity index (χ4v) is 2.72. The molecule has 1 aromatic rings.